The molecule has 9 nitrogen and oxygen atoms in total. The van der Waals surface area contributed by atoms with Crippen LogP contribution in [0.2, 0.25) is 0 Å². The van der Waals surface area contributed by atoms with E-state index in [1.165, 1.54) is 6.08 Å². The van der Waals surface area contributed by atoms with Gasteiger partial charge in [-0.25, -0.2) is 0 Å². The van der Waals surface area contributed by atoms with Crippen LogP contribution in [0.25, 0.3) is 11.7 Å². The fourth-order valence-corrected chi connectivity index (χ4v) is 3.70. The Bertz CT molecular complexity index is 1140. The molecule has 2 heterocycles. The lowest BCUT2D eigenvalue weighted by Crippen LogP contribution is -2.34. The van der Waals surface area contributed by atoms with Crippen molar-refractivity contribution in [2.75, 3.05) is 7.05 Å². The Balaban J connectivity index is 1.84. The monoisotopic (exact) mass is 427 g/mol. The number of rotatable bonds is 7. The van der Waals surface area contributed by atoms with E-state index in [-0.39, 0.29) is 35.4 Å². The smallest absolute Gasteiger partial charge is 0.291 e. The van der Waals surface area contributed by atoms with Gasteiger partial charge >= 0.3 is 0 Å². The lowest BCUT2D eigenvalue weighted by Gasteiger charge is -2.17. The first-order valence-electron chi connectivity index (χ1n) is 10.8. The minimum atomic E-state index is -0.671. The molecule has 0 spiro atoms. The molecule has 2 N–H and O–H groups in total. The molecular weight excluding hydrogens is 398 g/mol. The van der Waals surface area contributed by atoms with Gasteiger partial charge in [-0.15, -0.1) is 0 Å². The van der Waals surface area contributed by atoms with Crippen LogP contribution in [0.3, 0.4) is 0 Å². The number of nitrogens with zero attached hydrogens (tertiary/aromatic N) is 4. The van der Waals surface area contributed by atoms with Crippen molar-refractivity contribution in [2.24, 2.45) is 5.92 Å². The third-order valence-corrected chi connectivity index (χ3v) is 5.74. The van der Waals surface area contributed by atoms with Gasteiger partial charge in [0.1, 0.15) is 5.65 Å². The van der Waals surface area contributed by atoms with Crippen LogP contribution in [-0.4, -0.2) is 55.1 Å². The first-order chi connectivity index (χ1) is 14.7. The third kappa shape index (κ3) is 4.08. The van der Waals surface area contributed by atoms with Crippen LogP contribution in [0.4, 0.5) is 0 Å². The first kappa shape index (κ1) is 21.1. The van der Waals surface area contributed by atoms with E-state index in [9.17, 15) is 19.5 Å². The molecule has 2 aromatic heterocycles. The number of hydrogen-bond donors (Lipinski definition) is 2. The highest BCUT2D eigenvalue weighted by atomic mass is 16.3. The Kier molecular flexibility index (Phi) is 5.36. The molecule has 0 saturated heterocycles. The Morgan fingerprint density at radius 3 is 2.55 bits per heavy atom. The molecule has 2 aromatic rings. The molecule has 2 aliphatic carbocycles. The summed E-state index contributed by atoms with van der Waals surface area (Å²) in [5.74, 6) is -0.953. The summed E-state index contributed by atoms with van der Waals surface area (Å²) in [4.78, 5) is 39.9. The summed E-state index contributed by atoms with van der Waals surface area (Å²) in [5.41, 5.74) is 0.499. The molecule has 0 bridgehead atoms. The maximum Gasteiger partial charge on any atom is 0.291 e. The van der Waals surface area contributed by atoms with Gasteiger partial charge < -0.3 is 15.3 Å². The summed E-state index contributed by atoms with van der Waals surface area (Å²) in [6.07, 6.45) is 6.87. The number of carbonyl (C=O) groups is 2. The summed E-state index contributed by atoms with van der Waals surface area (Å²) < 4.78 is 2.70. The number of nitrogens with one attached hydrogen (secondary N) is 1. The standard InChI is InChI=1S/C22H29N5O4/c1-12(2)11-26-20-16(9-10-17(28)25(4)15-7-8-15)13(3)24-27(20)22(31)18(21(26)30)19(29)23-14-5-6-14/h9-10,12,14-15,30H,5-8,11H2,1-4H3,(H,23,29). The van der Waals surface area contributed by atoms with Gasteiger partial charge in [0, 0.05) is 37.3 Å². The average molecular weight is 428 g/mol. The minimum absolute atomic E-state index is 0.0490. The second-order valence-electron chi connectivity index (χ2n) is 9.00. The summed E-state index contributed by atoms with van der Waals surface area (Å²) in [5, 5.41) is 18.1. The Hall–Kier alpha value is -3.10. The van der Waals surface area contributed by atoms with Gasteiger partial charge in [-0.05, 0) is 44.6 Å². The molecule has 2 amide bonds. The van der Waals surface area contributed by atoms with Crippen molar-refractivity contribution in [3.05, 3.63) is 33.3 Å². The lowest BCUT2D eigenvalue weighted by atomic mass is 10.1. The van der Waals surface area contributed by atoms with E-state index in [1.54, 1.807) is 29.5 Å². The van der Waals surface area contributed by atoms with Crippen molar-refractivity contribution < 1.29 is 14.7 Å². The van der Waals surface area contributed by atoms with Crippen molar-refractivity contribution in [1.82, 2.24) is 24.4 Å². The molecule has 166 valence electrons. The second-order valence-corrected chi connectivity index (χ2v) is 9.00. The number of amides is 2. The van der Waals surface area contributed by atoms with Crippen LogP contribution in [0.5, 0.6) is 5.88 Å². The third-order valence-electron chi connectivity index (χ3n) is 5.74. The topological polar surface area (TPSA) is 109 Å². The van der Waals surface area contributed by atoms with Gasteiger partial charge in [-0.1, -0.05) is 13.8 Å². The van der Waals surface area contributed by atoms with Gasteiger partial charge in [0.05, 0.1) is 5.69 Å². The molecule has 0 unspecified atom stereocenters. The molecule has 2 fully saturated rings. The Morgan fingerprint density at radius 1 is 1.29 bits per heavy atom. The van der Waals surface area contributed by atoms with Crippen molar-refractivity contribution in [1.29, 1.82) is 0 Å². The fourth-order valence-electron chi connectivity index (χ4n) is 3.70. The van der Waals surface area contributed by atoms with Crippen molar-refractivity contribution in [3.63, 3.8) is 0 Å². The highest BCUT2D eigenvalue weighted by Gasteiger charge is 2.31. The number of fused-ring (bicyclic) bond motifs is 1. The number of aromatic nitrogens is 3. The Labute approximate surface area is 180 Å². The van der Waals surface area contributed by atoms with Crippen LogP contribution in [0.1, 0.15) is 61.1 Å². The van der Waals surface area contributed by atoms with E-state index in [1.807, 2.05) is 13.8 Å². The lowest BCUT2D eigenvalue weighted by molar-refractivity contribution is -0.125. The molecular formula is C22H29N5O4. The number of hydrogen-bond acceptors (Lipinski definition) is 5. The number of likely N-dealkylation sites (N-methyl/N-ethyl adjacent to an activating group) is 1. The van der Waals surface area contributed by atoms with Crippen molar-refractivity contribution in [3.8, 4) is 5.88 Å². The van der Waals surface area contributed by atoms with E-state index in [4.69, 9.17) is 0 Å². The quantitative estimate of drug-likeness (QED) is 0.654. The van der Waals surface area contributed by atoms with Crippen LogP contribution in [0.15, 0.2) is 10.9 Å². The van der Waals surface area contributed by atoms with Gasteiger partial charge in [0.25, 0.3) is 11.5 Å². The molecule has 31 heavy (non-hydrogen) atoms. The molecule has 0 radical (unpaired) electrons. The van der Waals surface area contributed by atoms with E-state index in [0.29, 0.717) is 23.4 Å². The predicted octanol–water partition coefficient (Wildman–Crippen LogP) is 1.69. The summed E-state index contributed by atoms with van der Waals surface area (Å²) in [7, 11) is 1.78. The van der Waals surface area contributed by atoms with E-state index >= 15 is 0 Å². The Morgan fingerprint density at radius 2 is 1.97 bits per heavy atom. The van der Waals surface area contributed by atoms with Crippen LogP contribution in [-0.2, 0) is 11.3 Å². The maximum atomic E-state index is 13.1. The second kappa shape index (κ2) is 7.86. The highest BCUT2D eigenvalue weighted by molar-refractivity contribution is 5.97. The number of carbonyl (C=O) groups excluding carboxylic acids is 2. The van der Waals surface area contributed by atoms with Gasteiger partial charge in [-0.3, -0.25) is 19.0 Å². The zero-order chi connectivity index (χ0) is 22.4. The molecule has 0 aliphatic heterocycles. The maximum absolute atomic E-state index is 13.1. The van der Waals surface area contributed by atoms with Crippen molar-refractivity contribution >= 4 is 23.5 Å². The molecule has 0 aromatic carbocycles. The molecule has 2 aliphatic rings. The predicted molar refractivity (Wildman–Crippen MR) is 116 cm³/mol. The van der Waals surface area contributed by atoms with Crippen LogP contribution >= 0.6 is 0 Å². The largest absolute Gasteiger partial charge is 0.494 e. The van der Waals surface area contributed by atoms with E-state index < -0.39 is 11.5 Å². The van der Waals surface area contributed by atoms with Crippen LogP contribution < -0.4 is 10.9 Å². The van der Waals surface area contributed by atoms with Gasteiger partial charge in [0.2, 0.25) is 11.8 Å². The zero-order valence-electron chi connectivity index (χ0n) is 18.4. The summed E-state index contributed by atoms with van der Waals surface area (Å²) in [6.45, 7) is 6.07. The van der Waals surface area contributed by atoms with Crippen molar-refractivity contribution in [2.45, 2.75) is 65.1 Å². The first-order valence-corrected chi connectivity index (χ1v) is 10.8. The van der Waals surface area contributed by atoms with Gasteiger partial charge in [-0.2, -0.15) is 9.61 Å². The molecule has 9 heteroatoms. The van der Waals surface area contributed by atoms with Crippen LogP contribution in [0, 0.1) is 12.8 Å². The zero-order valence-corrected chi connectivity index (χ0v) is 18.4. The number of aryl methyl sites for hydroxylation is 1. The highest BCUT2D eigenvalue weighted by Crippen LogP contribution is 2.27. The summed E-state index contributed by atoms with van der Waals surface area (Å²) in [6, 6.07) is 0.339. The molecule has 0 atom stereocenters. The fraction of sp³-hybridized carbons (Fsp3) is 0.545. The minimum Gasteiger partial charge on any atom is -0.494 e. The average Bonchev–Trinajstić information content (AvgIpc) is 3.61. The normalized spacial score (nSPS) is 16.4. The van der Waals surface area contributed by atoms with Gasteiger partial charge in [0.15, 0.2) is 5.56 Å². The van der Waals surface area contributed by atoms with E-state index in [2.05, 4.69) is 10.4 Å². The molecule has 4 rings (SSSR count). The molecule has 2 saturated carbocycles. The number of aromatic hydroxyl groups is 1. The summed E-state index contributed by atoms with van der Waals surface area (Å²) >= 11 is 0. The SMILES string of the molecule is Cc1nn2c(=O)c(C(=O)NC3CC3)c(O)n(CC(C)C)c2c1C=CC(=O)N(C)C1CC1. The van der Waals surface area contributed by atoms with E-state index in [0.717, 1.165) is 30.2 Å².